The third kappa shape index (κ3) is 5.62. The molecule has 0 bridgehead atoms. The van der Waals surface area contributed by atoms with E-state index in [-0.39, 0.29) is 18.1 Å². The molecule has 0 aliphatic heterocycles. The zero-order chi connectivity index (χ0) is 18.2. The standard InChI is InChI=1S/C15H16O2.C3H7O3P/c1-15(2,11-7-3-5-9-13(11)16)12-8-4-6-10-14(12)17;1-2-3-6-7(4)5/h3-10,16-17H,1-2H3;2,4-5H,1,3H2. The predicted molar refractivity (Wildman–Crippen MR) is 95.8 cm³/mol. The van der Waals surface area contributed by atoms with E-state index in [0.717, 1.165) is 11.1 Å². The second-order valence-corrected chi connectivity index (χ2v) is 6.26. The maximum atomic E-state index is 9.92. The largest absolute Gasteiger partial charge is 0.508 e. The van der Waals surface area contributed by atoms with Crippen LogP contribution < -0.4 is 0 Å². The van der Waals surface area contributed by atoms with Crippen molar-refractivity contribution in [3.63, 3.8) is 0 Å². The first kappa shape index (κ1) is 20.1. The SMILES string of the molecule is C=CCOP(O)O.CC(C)(c1ccccc1O)c1ccccc1O. The van der Waals surface area contributed by atoms with Crippen LogP contribution in [-0.4, -0.2) is 26.6 Å². The fourth-order valence-electron chi connectivity index (χ4n) is 2.27. The number of phenolic OH excluding ortho intramolecular Hbond substituents is 2. The number of phenols is 2. The third-order valence-corrected chi connectivity index (χ3v) is 3.84. The summed E-state index contributed by atoms with van der Waals surface area (Å²) in [6.45, 7) is 7.46. The minimum atomic E-state index is -2.18. The van der Waals surface area contributed by atoms with Crippen molar-refractivity contribution in [3.05, 3.63) is 72.3 Å². The number of hydrogen-bond acceptors (Lipinski definition) is 5. The zero-order valence-corrected chi connectivity index (χ0v) is 14.6. The lowest BCUT2D eigenvalue weighted by atomic mass is 9.77. The topological polar surface area (TPSA) is 90.2 Å². The van der Waals surface area contributed by atoms with E-state index in [1.165, 1.54) is 6.08 Å². The van der Waals surface area contributed by atoms with Crippen LogP contribution in [0, 0.1) is 0 Å². The van der Waals surface area contributed by atoms with Gasteiger partial charge in [0, 0.05) is 16.5 Å². The van der Waals surface area contributed by atoms with E-state index in [9.17, 15) is 10.2 Å². The lowest BCUT2D eigenvalue weighted by Gasteiger charge is -2.27. The van der Waals surface area contributed by atoms with Gasteiger partial charge in [-0.15, -0.1) is 6.58 Å². The molecule has 0 aliphatic carbocycles. The molecule has 0 fully saturated rings. The average Bonchev–Trinajstić information content (AvgIpc) is 2.54. The molecule has 0 spiro atoms. The van der Waals surface area contributed by atoms with E-state index in [1.54, 1.807) is 24.3 Å². The molecule has 0 aliphatic rings. The Morgan fingerprint density at radius 1 is 0.958 bits per heavy atom. The highest BCUT2D eigenvalue weighted by atomic mass is 31.2. The van der Waals surface area contributed by atoms with Crippen LogP contribution in [0.25, 0.3) is 0 Å². The summed E-state index contributed by atoms with van der Waals surface area (Å²) in [5.74, 6) is 0.501. The summed E-state index contributed by atoms with van der Waals surface area (Å²) in [5.41, 5.74) is 1.18. The minimum absolute atomic E-state index is 0.193. The van der Waals surface area contributed by atoms with Crippen LogP contribution >= 0.6 is 8.60 Å². The van der Waals surface area contributed by atoms with Gasteiger partial charge in [-0.05, 0) is 12.1 Å². The molecule has 0 saturated carbocycles. The van der Waals surface area contributed by atoms with Crippen molar-refractivity contribution in [1.29, 1.82) is 0 Å². The molecule has 4 N–H and O–H groups in total. The van der Waals surface area contributed by atoms with Gasteiger partial charge >= 0.3 is 8.60 Å². The van der Waals surface area contributed by atoms with E-state index < -0.39 is 14.0 Å². The second kappa shape index (κ2) is 9.40. The van der Waals surface area contributed by atoms with Gasteiger partial charge in [0.1, 0.15) is 11.5 Å². The highest BCUT2D eigenvalue weighted by molar-refractivity contribution is 7.39. The van der Waals surface area contributed by atoms with Gasteiger partial charge < -0.3 is 24.5 Å². The number of aromatic hydroxyl groups is 2. The molecule has 24 heavy (non-hydrogen) atoms. The summed E-state index contributed by atoms with van der Waals surface area (Å²) in [4.78, 5) is 16.1. The number of rotatable bonds is 5. The van der Waals surface area contributed by atoms with Crippen LogP contribution in [0.2, 0.25) is 0 Å². The normalized spacial score (nSPS) is 10.9. The van der Waals surface area contributed by atoms with Crippen LogP contribution in [-0.2, 0) is 9.94 Å². The highest BCUT2D eigenvalue weighted by Crippen LogP contribution is 2.40. The molecule has 0 aromatic heterocycles. The molecular weight excluding hydrogens is 327 g/mol. The Morgan fingerprint density at radius 3 is 1.67 bits per heavy atom. The van der Waals surface area contributed by atoms with E-state index in [1.807, 2.05) is 38.1 Å². The van der Waals surface area contributed by atoms with Crippen LogP contribution in [0.3, 0.4) is 0 Å². The van der Waals surface area contributed by atoms with Crippen LogP contribution in [0.4, 0.5) is 0 Å². The number of para-hydroxylation sites is 2. The molecular formula is C18H23O5P. The van der Waals surface area contributed by atoms with Crippen molar-refractivity contribution in [3.8, 4) is 11.5 Å². The van der Waals surface area contributed by atoms with E-state index >= 15 is 0 Å². The summed E-state index contributed by atoms with van der Waals surface area (Å²) < 4.78 is 4.25. The summed E-state index contributed by atoms with van der Waals surface area (Å²) in [6, 6.07) is 14.4. The summed E-state index contributed by atoms with van der Waals surface area (Å²) in [6.07, 6.45) is 1.45. The highest BCUT2D eigenvalue weighted by Gasteiger charge is 2.28. The molecule has 2 aromatic rings. The minimum Gasteiger partial charge on any atom is -0.508 e. The summed E-state index contributed by atoms with van der Waals surface area (Å²) in [7, 11) is -2.18. The molecule has 0 unspecified atom stereocenters. The fraction of sp³-hybridized carbons (Fsp3) is 0.222. The van der Waals surface area contributed by atoms with E-state index in [0.29, 0.717) is 0 Å². The maximum absolute atomic E-state index is 9.92. The first-order chi connectivity index (χ1) is 11.3. The average molecular weight is 350 g/mol. The monoisotopic (exact) mass is 350 g/mol. The number of hydrogen-bond donors (Lipinski definition) is 4. The molecule has 2 aromatic carbocycles. The van der Waals surface area contributed by atoms with Crippen molar-refractivity contribution < 1.29 is 24.5 Å². The summed E-state index contributed by atoms with van der Waals surface area (Å²) >= 11 is 0. The Morgan fingerprint density at radius 2 is 1.38 bits per heavy atom. The Labute approximate surface area is 143 Å². The van der Waals surface area contributed by atoms with Crippen LogP contribution in [0.1, 0.15) is 25.0 Å². The van der Waals surface area contributed by atoms with Gasteiger partial charge in [0.05, 0.1) is 6.61 Å². The first-order valence-corrected chi connectivity index (χ1v) is 8.45. The lowest BCUT2D eigenvalue weighted by molar-refractivity contribution is 0.282. The molecule has 130 valence electrons. The molecule has 2 rings (SSSR count). The van der Waals surface area contributed by atoms with Gasteiger partial charge in [-0.1, -0.05) is 56.3 Å². The van der Waals surface area contributed by atoms with Crippen molar-refractivity contribution in [1.82, 2.24) is 0 Å². The molecule has 6 heteroatoms. The van der Waals surface area contributed by atoms with Crippen LogP contribution in [0.15, 0.2) is 61.2 Å². The third-order valence-electron chi connectivity index (χ3n) is 3.46. The quantitative estimate of drug-likeness (QED) is 0.486. The predicted octanol–water partition coefficient (Wildman–Crippen LogP) is 3.82. The maximum Gasteiger partial charge on any atom is 0.327 e. The van der Waals surface area contributed by atoms with Gasteiger partial charge in [0.15, 0.2) is 0 Å². The van der Waals surface area contributed by atoms with Gasteiger partial charge in [0.2, 0.25) is 0 Å². The van der Waals surface area contributed by atoms with E-state index in [4.69, 9.17) is 9.79 Å². The number of benzene rings is 2. The van der Waals surface area contributed by atoms with Crippen molar-refractivity contribution in [2.24, 2.45) is 0 Å². The molecule has 0 amide bonds. The Balaban J connectivity index is 0.000000351. The van der Waals surface area contributed by atoms with Gasteiger partial charge in [-0.25, -0.2) is 0 Å². The Hall–Kier alpha value is -1.91. The molecule has 0 saturated heterocycles. The molecule has 5 nitrogen and oxygen atoms in total. The van der Waals surface area contributed by atoms with Gasteiger partial charge in [-0.2, -0.15) is 0 Å². The van der Waals surface area contributed by atoms with Gasteiger partial charge in [-0.3, -0.25) is 0 Å². The van der Waals surface area contributed by atoms with Crippen molar-refractivity contribution >= 4 is 8.60 Å². The van der Waals surface area contributed by atoms with E-state index in [2.05, 4.69) is 11.1 Å². The van der Waals surface area contributed by atoms with Crippen LogP contribution in [0.5, 0.6) is 11.5 Å². The Kier molecular flexibility index (Phi) is 7.89. The molecule has 0 radical (unpaired) electrons. The molecule has 0 atom stereocenters. The lowest BCUT2D eigenvalue weighted by Crippen LogP contribution is -2.19. The smallest absolute Gasteiger partial charge is 0.327 e. The van der Waals surface area contributed by atoms with Crippen molar-refractivity contribution in [2.45, 2.75) is 19.3 Å². The zero-order valence-electron chi connectivity index (χ0n) is 13.8. The molecule has 0 heterocycles. The van der Waals surface area contributed by atoms with Gasteiger partial charge in [0.25, 0.3) is 0 Å². The fourth-order valence-corrected chi connectivity index (χ4v) is 2.51. The second-order valence-electron chi connectivity index (χ2n) is 5.50. The van der Waals surface area contributed by atoms with Crippen molar-refractivity contribution in [2.75, 3.05) is 6.61 Å². The summed E-state index contributed by atoms with van der Waals surface area (Å²) in [5, 5.41) is 19.8. The Bertz CT molecular complexity index is 608. The first-order valence-electron chi connectivity index (χ1n) is 7.29.